The van der Waals surface area contributed by atoms with E-state index >= 15 is 0 Å². The summed E-state index contributed by atoms with van der Waals surface area (Å²) in [6.45, 7) is 7.71. The van der Waals surface area contributed by atoms with Gasteiger partial charge < -0.3 is 5.11 Å². The second-order valence-electron chi connectivity index (χ2n) is 7.01. The monoisotopic (exact) mass is 292 g/mol. The molecule has 1 aliphatic carbocycles. The van der Waals surface area contributed by atoms with E-state index in [9.17, 15) is 5.11 Å². The average Bonchev–Trinajstić information content (AvgIpc) is 2.86. The zero-order valence-corrected chi connectivity index (χ0v) is 14.1. The second kappa shape index (κ2) is 7.44. The quantitative estimate of drug-likeness (QED) is 0.821. The van der Waals surface area contributed by atoms with Gasteiger partial charge in [0.05, 0.1) is 5.69 Å². The molecule has 0 aliphatic heterocycles. The van der Waals surface area contributed by atoms with Crippen molar-refractivity contribution in [2.24, 2.45) is 11.3 Å². The molecule has 1 aromatic rings. The van der Waals surface area contributed by atoms with Crippen LogP contribution >= 0.6 is 0 Å². The topological polar surface area (TPSA) is 38.1 Å². The highest BCUT2D eigenvalue weighted by molar-refractivity contribution is 5.12. The molecule has 0 atom stereocenters. The van der Waals surface area contributed by atoms with E-state index in [1.165, 1.54) is 50.6 Å². The summed E-state index contributed by atoms with van der Waals surface area (Å²) < 4.78 is 2.11. The van der Waals surface area contributed by atoms with E-state index in [0.717, 1.165) is 24.6 Å². The van der Waals surface area contributed by atoms with Gasteiger partial charge in [-0.15, -0.1) is 0 Å². The van der Waals surface area contributed by atoms with E-state index in [1.54, 1.807) is 0 Å². The lowest BCUT2D eigenvalue weighted by atomic mass is 9.67. The van der Waals surface area contributed by atoms with Gasteiger partial charge in [0.15, 0.2) is 0 Å². The Morgan fingerprint density at radius 1 is 1.33 bits per heavy atom. The molecule has 1 heterocycles. The van der Waals surface area contributed by atoms with Gasteiger partial charge in [0.1, 0.15) is 0 Å². The van der Waals surface area contributed by atoms with Crippen LogP contribution in [0.4, 0.5) is 0 Å². The lowest BCUT2D eigenvalue weighted by Gasteiger charge is -2.39. The Bertz CT molecular complexity index is 430. The van der Waals surface area contributed by atoms with Gasteiger partial charge in [0.25, 0.3) is 0 Å². The maximum Gasteiger partial charge on any atom is 0.0596 e. The lowest BCUT2D eigenvalue weighted by Crippen LogP contribution is -2.34. The van der Waals surface area contributed by atoms with Crippen LogP contribution in [0.15, 0.2) is 6.07 Å². The fraction of sp³-hybridized carbons (Fsp3) is 0.833. The first kappa shape index (κ1) is 16.5. The number of rotatable bonds is 7. The van der Waals surface area contributed by atoms with Crippen molar-refractivity contribution in [2.75, 3.05) is 6.61 Å². The van der Waals surface area contributed by atoms with Crippen LogP contribution in [0.25, 0.3) is 0 Å². The van der Waals surface area contributed by atoms with Crippen molar-refractivity contribution in [3.05, 3.63) is 17.5 Å². The summed E-state index contributed by atoms with van der Waals surface area (Å²) in [7, 11) is 0. The summed E-state index contributed by atoms with van der Waals surface area (Å²) in [5, 5.41) is 14.6. The summed E-state index contributed by atoms with van der Waals surface area (Å²) in [4.78, 5) is 0. The summed E-state index contributed by atoms with van der Waals surface area (Å²) in [5.74, 6) is 0.891. The molecule has 3 nitrogen and oxygen atoms in total. The molecule has 1 saturated carbocycles. The Morgan fingerprint density at radius 2 is 2.05 bits per heavy atom. The minimum absolute atomic E-state index is 0.0993. The normalized spacial score (nSPS) is 26.2. The molecule has 0 saturated heterocycles. The predicted octanol–water partition coefficient (Wildman–Crippen LogP) is 4.11. The SMILES string of the molecule is CCCCC1CCC(CO)(Cc2cc(C)nn2CC)CC1. The standard InChI is InChI=1S/C18H32N2O/c1-4-6-7-16-8-10-18(14-21,11-9-16)13-17-12-15(3)19-20(17)5-2/h12,16,21H,4-11,13-14H2,1-3H3. The Kier molecular flexibility index (Phi) is 5.86. The minimum atomic E-state index is 0.0993. The number of aromatic nitrogens is 2. The summed E-state index contributed by atoms with van der Waals surface area (Å²) in [6.07, 6.45) is 9.95. The highest BCUT2D eigenvalue weighted by Crippen LogP contribution is 2.42. The predicted molar refractivity (Wildman–Crippen MR) is 87.3 cm³/mol. The van der Waals surface area contributed by atoms with E-state index in [0.29, 0.717) is 6.61 Å². The van der Waals surface area contributed by atoms with Crippen molar-refractivity contribution in [1.82, 2.24) is 9.78 Å². The molecule has 1 fully saturated rings. The number of hydrogen-bond acceptors (Lipinski definition) is 2. The lowest BCUT2D eigenvalue weighted by molar-refractivity contribution is 0.0602. The Labute approximate surface area is 129 Å². The van der Waals surface area contributed by atoms with Crippen LogP contribution in [-0.2, 0) is 13.0 Å². The smallest absolute Gasteiger partial charge is 0.0596 e. The number of aryl methyl sites for hydroxylation is 2. The fourth-order valence-corrected chi connectivity index (χ4v) is 3.86. The van der Waals surface area contributed by atoms with Gasteiger partial charge in [-0.1, -0.05) is 26.2 Å². The van der Waals surface area contributed by atoms with Crippen LogP contribution in [0.5, 0.6) is 0 Å². The highest BCUT2D eigenvalue weighted by atomic mass is 16.3. The van der Waals surface area contributed by atoms with Gasteiger partial charge in [-0.2, -0.15) is 5.10 Å². The van der Waals surface area contributed by atoms with E-state index in [-0.39, 0.29) is 5.41 Å². The number of aliphatic hydroxyl groups excluding tert-OH is 1. The summed E-state index contributed by atoms with van der Waals surface area (Å²) in [5.41, 5.74) is 2.50. The van der Waals surface area contributed by atoms with Crippen LogP contribution in [-0.4, -0.2) is 21.5 Å². The Hall–Kier alpha value is -0.830. The van der Waals surface area contributed by atoms with E-state index in [4.69, 9.17) is 0 Å². The first-order chi connectivity index (χ1) is 10.1. The molecular weight excluding hydrogens is 260 g/mol. The van der Waals surface area contributed by atoms with Gasteiger partial charge in [0, 0.05) is 18.8 Å². The van der Waals surface area contributed by atoms with Crippen LogP contribution in [0, 0.1) is 18.3 Å². The van der Waals surface area contributed by atoms with E-state index in [1.807, 2.05) is 0 Å². The maximum atomic E-state index is 10.0. The molecule has 1 N–H and O–H groups in total. The zero-order valence-electron chi connectivity index (χ0n) is 14.1. The van der Waals surface area contributed by atoms with Gasteiger partial charge >= 0.3 is 0 Å². The molecular formula is C18H32N2O. The van der Waals surface area contributed by atoms with Crippen LogP contribution in [0.1, 0.15) is 70.2 Å². The van der Waals surface area contributed by atoms with Crippen LogP contribution in [0.2, 0.25) is 0 Å². The number of aliphatic hydroxyl groups is 1. The molecule has 0 spiro atoms. The molecule has 0 bridgehead atoms. The molecule has 1 aliphatic rings. The second-order valence-corrected chi connectivity index (χ2v) is 7.01. The fourth-order valence-electron chi connectivity index (χ4n) is 3.86. The molecule has 0 amide bonds. The Balaban J connectivity index is 1.99. The summed E-state index contributed by atoms with van der Waals surface area (Å²) in [6, 6.07) is 2.20. The third-order valence-electron chi connectivity index (χ3n) is 5.31. The van der Waals surface area contributed by atoms with Crippen molar-refractivity contribution >= 4 is 0 Å². The molecule has 120 valence electrons. The third kappa shape index (κ3) is 4.09. The Morgan fingerprint density at radius 3 is 2.62 bits per heavy atom. The number of nitrogens with zero attached hydrogens (tertiary/aromatic N) is 2. The molecule has 0 radical (unpaired) electrons. The van der Waals surface area contributed by atoms with Crippen molar-refractivity contribution in [3.63, 3.8) is 0 Å². The van der Waals surface area contributed by atoms with Crippen LogP contribution in [0.3, 0.4) is 0 Å². The van der Waals surface area contributed by atoms with Crippen molar-refractivity contribution in [2.45, 2.75) is 78.7 Å². The molecule has 21 heavy (non-hydrogen) atoms. The first-order valence-corrected chi connectivity index (χ1v) is 8.76. The van der Waals surface area contributed by atoms with Crippen LogP contribution < -0.4 is 0 Å². The van der Waals surface area contributed by atoms with Crippen molar-refractivity contribution < 1.29 is 5.11 Å². The summed E-state index contributed by atoms with van der Waals surface area (Å²) >= 11 is 0. The first-order valence-electron chi connectivity index (χ1n) is 8.76. The molecule has 2 rings (SSSR count). The van der Waals surface area contributed by atoms with Crippen molar-refractivity contribution in [1.29, 1.82) is 0 Å². The van der Waals surface area contributed by atoms with Gasteiger partial charge in [-0.3, -0.25) is 4.68 Å². The van der Waals surface area contributed by atoms with Crippen molar-refractivity contribution in [3.8, 4) is 0 Å². The maximum absolute atomic E-state index is 10.0. The minimum Gasteiger partial charge on any atom is -0.396 e. The molecule has 0 unspecified atom stereocenters. The molecule has 1 aromatic heterocycles. The molecule has 3 heteroatoms. The van der Waals surface area contributed by atoms with Gasteiger partial charge in [0.2, 0.25) is 0 Å². The third-order valence-corrected chi connectivity index (χ3v) is 5.31. The van der Waals surface area contributed by atoms with Gasteiger partial charge in [-0.25, -0.2) is 0 Å². The van der Waals surface area contributed by atoms with Gasteiger partial charge in [-0.05, 0) is 63.4 Å². The largest absolute Gasteiger partial charge is 0.396 e. The van der Waals surface area contributed by atoms with E-state index in [2.05, 4.69) is 36.6 Å². The molecule has 0 aromatic carbocycles. The average molecular weight is 292 g/mol. The number of hydrogen-bond donors (Lipinski definition) is 1. The zero-order chi connectivity index (χ0) is 15.3. The number of unbranched alkanes of at least 4 members (excludes halogenated alkanes) is 1. The van der Waals surface area contributed by atoms with E-state index < -0.39 is 0 Å². The highest BCUT2D eigenvalue weighted by Gasteiger charge is 2.35.